The van der Waals surface area contributed by atoms with Gasteiger partial charge in [0, 0.05) is 13.6 Å². The van der Waals surface area contributed by atoms with Crippen LogP contribution in [0.15, 0.2) is 12.7 Å². The second kappa shape index (κ2) is 9.20. The Morgan fingerprint density at radius 1 is 1.61 bits per heavy atom. The Hall–Kier alpha value is -3.05. The van der Waals surface area contributed by atoms with Gasteiger partial charge in [-0.15, -0.1) is 0 Å². The number of rotatable bonds is 8. The Balaban J connectivity index is 0. The molecule has 1 unspecified atom stereocenters. The maximum atomic E-state index is 11.3. The normalized spacial score (nSPS) is 10.5. The van der Waals surface area contributed by atoms with Crippen molar-refractivity contribution in [1.82, 2.24) is 10.2 Å². The third-order valence-electron chi connectivity index (χ3n) is 1.92. The molecule has 108 valence electrons. The van der Waals surface area contributed by atoms with Gasteiger partial charge in [0.25, 0.3) is 0 Å². The molecule has 0 heterocycles. The number of amides is 2. The van der Waals surface area contributed by atoms with E-state index in [-0.39, 0.29) is 19.6 Å². The second-order valence-electron chi connectivity index (χ2n) is 3.21. The quantitative estimate of drug-likeness (QED) is 0.272. The Bertz CT molecular complexity index is 298. The first kappa shape index (κ1) is 17.3. The van der Waals surface area contributed by atoms with Gasteiger partial charge in [-0.3, -0.25) is 4.79 Å². The third kappa shape index (κ3) is 6.44. The van der Waals surface area contributed by atoms with Crippen molar-refractivity contribution in [2.75, 3.05) is 20.2 Å². The molecule has 0 aliphatic carbocycles. The number of carboxylic acids is 1. The molecule has 2 N–H and O–H groups in total. The van der Waals surface area contributed by atoms with Gasteiger partial charge >= 0.3 is 12.1 Å². The van der Waals surface area contributed by atoms with Gasteiger partial charge in [-0.2, -0.15) is 6.41 Å². The van der Waals surface area contributed by atoms with Crippen LogP contribution in [0.5, 0.6) is 0 Å². The molecule has 8 heteroatoms. The summed E-state index contributed by atoms with van der Waals surface area (Å²) in [7, 11) is 1.47. The van der Waals surface area contributed by atoms with Crippen LogP contribution >= 0.6 is 0 Å². The molecule has 0 saturated carbocycles. The smallest absolute Gasteiger partial charge is 0.409 e. The van der Waals surface area contributed by atoms with Crippen LogP contribution in [0.4, 0.5) is 4.79 Å². The molecule has 18 heavy (non-hydrogen) atoms. The molecule has 0 aromatic carbocycles. The van der Waals surface area contributed by atoms with Gasteiger partial charge in [-0.05, 0) is 6.42 Å². The summed E-state index contributed by atoms with van der Waals surface area (Å²) in [6, 6.07) is -1.07. The van der Waals surface area contributed by atoms with E-state index in [2.05, 4.69) is 6.58 Å². The molecule has 0 aromatic heterocycles. The summed E-state index contributed by atoms with van der Waals surface area (Å²) in [6.07, 6.45) is 2.23. The largest absolute Gasteiger partial charge is 0.520 e. The van der Waals surface area contributed by atoms with Crippen molar-refractivity contribution < 1.29 is 24.2 Å². The zero-order chi connectivity index (χ0) is 13.3. The van der Waals surface area contributed by atoms with Crippen molar-refractivity contribution in [3.8, 4) is 0 Å². The number of hydrogen-bond acceptors (Lipinski definition) is 4. The van der Waals surface area contributed by atoms with Gasteiger partial charge in [0.1, 0.15) is 6.61 Å². The molecular weight excluding hydrogens is 485 g/mol. The Morgan fingerprint density at radius 3 is 2.67 bits per heavy atom. The molecular formula is C10H15FmN2O5-. The molecule has 0 radical (unpaired) electrons. The summed E-state index contributed by atoms with van der Waals surface area (Å²) in [6.45, 7) is 3.62. The molecule has 0 aromatic rings. The Kier molecular flexibility index (Phi) is 8.86. The molecule has 0 fully saturated rings. The fourth-order valence-electron chi connectivity index (χ4n) is 0.983. The Morgan fingerprint density at radius 2 is 2.22 bits per heavy atom. The van der Waals surface area contributed by atoms with Crippen LogP contribution in [0.3, 0.4) is 0 Å². The monoisotopic (exact) mass is 500 g/mol. The van der Waals surface area contributed by atoms with E-state index in [1.54, 1.807) is 0 Å². The number of carbonyl (C=O) groups is 2. The van der Waals surface area contributed by atoms with Crippen molar-refractivity contribution in [1.29, 1.82) is 0 Å². The van der Waals surface area contributed by atoms with Gasteiger partial charge < -0.3 is 24.9 Å². The molecule has 1 atom stereocenters. The maximum Gasteiger partial charge on any atom is 0.409 e. The summed E-state index contributed by atoms with van der Waals surface area (Å²) in [4.78, 5) is 33.1. The number of nitrogens with zero attached hydrogens (tertiary/aromatic N) is 1. The zero-order valence-corrected chi connectivity index (χ0v) is 12.2. The first-order valence-corrected chi connectivity index (χ1v) is 4.87. The van der Waals surface area contributed by atoms with Gasteiger partial charge in [0.2, 0.25) is 0 Å². The number of hydrogen-bond donors (Lipinski definition) is 2. The minimum absolute atomic E-state index is 0. The summed E-state index contributed by atoms with van der Waals surface area (Å²) < 4.78 is 4.73. The first-order valence-electron chi connectivity index (χ1n) is 4.87. The minimum atomic E-state index is -1.18. The molecule has 0 saturated heterocycles. The number of aliphatic carboxylic acids is 1. The van der Waals surface area contributed by atoms with E-state index in [1.807, 2.05) is 5.32 Å². The molecule has 0 rings (SSSR count). The van der Waals surface area contributed by atoms with E-state index in [0.717, 1.165) is 0 Å². The molecule has 0 aliphatic heterocycles. The molecule has 0 spiro atoms. The SMILES string of the molecule is C=CCOC(=O)N(C)CCC(N[C-]=O)C(=O)O.[Fm]. The standard InChI is InChI=1S/C10H15N2O5.Fm/c1-3-6-17-10(16)12(2)5-4-8(9(14)15)11-7-13;/h3,8H,1,4-6H2,2H3,(H,11,13)(H,14,15);/q-1;. The van der Waals surface area contributed by atoms with Gasteiger partial charge in [-0.1, -0.05) is 12.7 Å². The van der Waals surface area contributed by atoms with E-state index in [9.17, 15) is 14.4 Å². The van der Waals surface area contributed by atoms with Crippen molar-refractivity contribution in [2.24, 2.45) is 0 Å². The van der Waals surface area contributed by atoms with Crippen molar-refractivity contribution in [2.45, 2.75) is 12.5 Å². The van der Waals surface area contributed by atoms with Crippen LogP contribution in [-0.4, -0.2) is 54.7 Å². The van der Waals surface area contributed by atoms with E-state index < -0.39 is 18.1 Å². The van der Waals surface area contributed by atoms with E-state index in [1.165, 1.54) is 24.4 Å². The van der Waals surface area contributed by atoms with E-state index in [0.29, 0.717) is 0 Å². The van der Waals surface area contributed by atoms with Crippen molar-refractivity contribution in [3.63, 3.8) is 0 Å². The number of carbonyl (C=O) groups excluding carboxylic acids is 2. The Labute approximate surface area is 99.0 Å². The number of ether oxygens (including phenoxy) is 1. The van der Waals surface area contributed by atoms with Gasteiger partial charge in [0.15, 0.2) is 0 Å². The fourth-order valence-corrected chi connectivity index (χ4v) is 0.983. The molecule has 2 amide bonds. The molecule has 7 nitrogen and oxygen atoms in total. The van der Waals surface area contributed by atoms with Crippen molar-refractivity contribution in [3.05, 3.63) is 12.7 Å². The number of nitrogens with one attached hydrogen (secondary N) is 1. The predicted molar refractivity (Wildman–Crippen MR) is 59.0 cm³/mol. The first-order chi connectivity index (χ1) is 8.02. The van der Waals surface area contributed by atoms with Crippen LogP contribution in [0.25, 0.3) is 0 Å². The zero-order valence-electron chi connectivity index (χ0n) is 9.80. The average Bonchev–Trinajstić information content (AvgIpc) is 2.30. The fraction of sp³-hybridized carbons (Fsp3) is 0.500. The van der Waals surface area contributed by atoms with E-state index >= 15 is 0 Å². The van der Waals surface area contributed by atoms with Gasteiger partial charge in [-0.25, -0.2) is 4.79 Å². The topological polar surface area (TPSA) is 95.9 Å². The third-order valence-corrected chi connectivity index (χ3v) is 1.92. The van der Waals surface area contributed by atoms with Crippen LogP contribution in [0.1, 0.15) is 6.42 Å². The summed E-state index contributed by atoms with van der Waals surface area (Å²) >= 11 is 0. The van der Waals surface area contributed by atoms with Gasteiger partial charge in [0.05, 0.1) is 6.04 Å². The number of carboxylic acid groups (broad SMARTS) is 1. The second-order valence-corrected chi connectivity index (χ2v) is 3.21. The van der Waals surface area contributed by atoms with Crippen molar-refractivity contribution >= 4 is 18.5 Å². The molecule has 0 aliphatic rings. The van der Waals surface area contributed by atoms with Crippen LogP contribution < -0.4 is 5.32 Å². The van der Waals surface area contributed by atoms with Crippen LogP contribution in [0, 0.1) is 0 Å². The van der Waals surface area contributed by atoms with Crippen LogP contribution in [0.2, 0.25) is 0 Å². The predicted octanol–water partition coefficient (Wildman–Crippen LogP) is -0.259. The average molecular weight is 500 g/mol. The summed E-state index contributed by atoms with van der Waals surface area (Å²) in [5.74, 6) is -1.18. The van der Waals surface area contributed by atoms with Crippen LogP contribution in [-0.2, 0) is 14.3 Å². The van der Waals surface area contributed by atoms with E-state index in [4.69, 9.17) is 9.84 Å². The molecule has 0 bridgehead atoms. The minimum Gasteiger partial charge on any atom is -0.520 e. The maximum absolute atomic E-state index is 11.3. The summed E-state index contributed by atoms with van der Waals surface area (Å²) in [5.41, 5.74) is 0. The summed E-state index contributed by atoms with van der Waals surface area (Å²) in [5, 5.41) is 10.7.